The summed E-state index contributed by atoms with van der Waals surface area (Å²) < 4.78 is 10.7. The quantitative estimate of drug-likeness (QED) is 0.568. The zero-order valence-corrected chi connectivity index (χ0v) is 20.3. The number of carbonyl (C=O) groups excluding carboxylic acids is 2. The second-order valence-electron chi connectivity index (χ2n) is 10.1. The minimum absolute atomic E-state index is 0.0899. The molecule has 2 aliphatic carbocycles. The lowest BCUT2D eigenvalue weighted by Gasteiger charge is -2.38. The van der Waals surface area contributed by atoms with Gasteiger partial charge in [0.25, 0.3) is 0 Å². The Bertz CT molecular complexity index is 791. The van der Waals surface area contributed by atoms with Crippen LogP contribution in [0.3, 0.4) is 0 Å². The van der Waals surface area contributed by atoms with Gasteiger partial charge >= 0.3 is 12.1 Å². The summed E-state index contributed by atoms with van der Waals surface area (Å²) in [6.45, 7) is 1.18. The molecule has 2 aliphatic rings. The molecule has 2 fully saturated rings. The van der Waals surface area contributed by atoms with Crippen molar-refractivity contribution in [3.8, 4) is 5.75 Å². The Morgan fingerprint density at radius 2 is 1.85 bits per heavy atom. The number of ether oxygens (including phenoxy) is 2. The number of nitrogens with zero attached hydrogens (tertiary/aromatic N) is 1. The Kier molecular flexibility index (Phi) is 9.15. The molecule has 1 amide bonds. The molecule has 1 aromatic carbocycles. The molecule has 0 heterocycles. The lowest BCUT2D eigenvalue weighted by Crippen LogP contribution is -2.42. The lowest BCUT2D eigenvalue weighted by atomic mass is 9.72. The molecule has 1 aromatic rings. The van der Waals surface area contributed by atoms with Crippen molar-refractivity contribution in [2.24, 2.45) is 11.3 Å². The van der Waals surface area contributed by atoms with Gasteiger partial charge in [-0.25, -0.2) is 4.79 Å². The van der Waals surface area contributed by atoms with Crippen LogP contribution >= 0.6 is 0 Å². The van der Waals surface area contributed by atoms with Crippen LogP contribution in [0.1, 0.15) is 69.3 Å². The maximum absolute atomic E-state index is 12.8. The molecule has 0 aliphatic heterocycles. The molecular formula is C26H40N2O5. The first-order valence-corrected chi connectivity index (χ1v) is 12.3. The Morgan fingerprint density at radius 1 is 1.12 bits per heavy atom. The van der Waals surface area contributed by atoms with E-state index in [-0.39, 0.29) is 29.3 Å². The highest BCUT2D eigenvalue weighted by atomic mass is 16.6. The third-order valence-electron chi connectivity index (χ3n) is 7.39. The maximum Gasteiger partial charge on any atom is 0.412 e. The predicted octanol–water partition coefficient (Wildman–Crippen LogP) is 4.09. The molecule has 0 aromatic heterocycles. The third kappa shape index (κ3) is 6.93. The van der Waals surface area contributed by atoms with Crippen molar-refractivity contribution < 1.29 is 24.2 Å². The normalized spacial score (nSPS) is 24.8. The highest BCUT2D eigenvalue weighted by Crippen LogP contribution is 2.42. The van der Waals surface area contributed by atoms with Crippen LogP contribution in [-0.2, 0) is 9.53 Å². The standard InChI is InChI=1S/C26H40N2O5/c1-28(2)17-21-19(11-9-12-22(21)29)20-10-5-6-13-23(20)33-25(31)27-18-26(16-24(30)32-3)14-7-4-8-15-26/h5-6,10,13,19,21-22,29H,4,7-9,11-12,14-18H2,1-3H3,(H,27,31). The predicted molar refractivity (Wildman–Crippen MR) is 127 cm³/mol. The first-order valence-electron chi connectivity index (χ1n) is 12.3. The van der Waals surface area contributed by atoms with E-state index < -0.39 is 6.09 Å². The van der Waals surface area contributed by atoms with Crippen molar-refractivity contribution in [2.75, 3.05) is 34.3 Å². The molecule has 0 saturated heterocycles. The molecule has 0 radical (unpaired) electrons. The number of amides is 1. The van der Waals surface area contributed by atoms with Gasteiger partial charge in [0.1, 0.15) is 5.75 Å². The van der Waals surface area contributed by atoms with Gasteiger partial charge in [-0.05, 0) is 62.7 Å². The van der Waals surface area contributed by atoms with E-state index in [1.807, 2.05) is 38.4 Å². The van der Waals surface area contributed by atoms with E-state index in [1.54, 1.807) is 0 Å². The molecule has 2 N–H and O–H groups in total. The van der Waals surface area contributed by atoms with Crippen molar-refractivity contribution in [3.63, 3.8) is 0 Å². The van der Waals surface area contributed by atoms with E-state index in [0.717, 1.165) is 63.5 Å². The fourth-order valence-electron chi connectivity index (χ4n) is 5.67. The Balaban J connectivity index is 1.69. The average Bonchev–Trinajstić information content (AvgIpc) is 2.80. The van der Waals surface area contributed by atoms with Crippen LogP contribution in [0.15, 0.2) is 24.3 Å². The number of nitrogens with one attached hydrogen (secondary N) is 1. The van der Waals surface area contributed by atoms with Crippen molar-refractivity contribution in [1.82, 2.24) is 10.2 Å². The SMILES string of the molecule is COC(=O)CC1(CNC(=O)Oc2ccccc2C2CCCC(O)C2CN(C)C)CCCCC1. The van der Waals surface area contributed by atoms with Crippen LogP contribution < -0.4 is 10.1 Å². The summed E-state index contributed by atoms with van der Waals surface area (Å²) in [5.74, 6) is 0.528. The van der Waals surface area contributed by atoms with E-state index in [0.29, 0.717) is 18.7 Å². The third-order valence-corrected chi connectivity index (χ3v) is 7.39. The van der Waals surface area contributed by atoms with Crippen molar-refractivity contribution in [1.29, 1.82) is 0 Å². The number of aliphatic hydroxyl groups excluding tert-OH is 1. The van der Waals surface area contributed by atoms with Crippen LogP contribution in [0.2, 0.25) is 0 Å². The first kappa shape index (κ1) is 25.5. The van der Waals surface area contributed by atoms with Gasteiger partial charge in [-0.15, -0.1) is 0 Å². The largest absolute Gasteiger partial charge is 0.469 e. The molecular weight excluding hydrogens is 420 g/mol. The number of aliphatic hydroxyl groups is 1. The number of hydrogen-bond donors (Lipinski definition) is 2. The van der Waals surface area contributed by atoms with Crippen LogP contribution in [0.25, 0.3) is 0 Å². The summed E-state index contributed by atoms with van der Waals surface area (Å²) in [7, 11) is 5.44. The van der Waals surface area contributed by atoms with Gasteiger partial charge in [-0.2, -0.15) is 0 Å². The molecule has 2 saturated carbocycles. The van der Waals surface area contributed by atoms with Crippen molar-refractivity contribution in [2.45, 2.75) is 69.8 Å². The van der Waals surface area contributed by atoms with E-state index >= 15 is 0 Å². The summed E-state index contributed by atoms with van der Waals surface area (Å²) in [5, 5.41) is 13.6. The van der Waals surface area contributed by atoms with Gasteiger partial charge < -0.3 is 24.8 Å². The smallest absolute Gasteiger partial charge is 0.412 e. The van der Waals surface area contributed by atoms with Gasteiger partial charge in [0.2, 0.25) is 0 Å². The lowest BCUT2D eigenvalue weighted by molar-refractivity contribution is -0.144. The molecule has 33 heavy (non-hydrogen) atoms. The van der Waals surface area contributed by atoms with Crippen LogP contribution in [0.5, 0.6) is 5.75 Å². The molecule has 3 atom stereocenters. The number of para-hydroxylation sites is 1. The van der Waals surface area contributed by atoms with Crippen LogP contribution in [-0.4, -0.2) is 62.5 Å². The number of methoxy groups -OCH3 is 1. The van der Waals surface area contributed by atoms with Gasteiger partial charge in [0, 0.05) is 19.0 Å². The molecule has 0 spiro atoms. The molecule has 184 valence electrons. The molecule has 3 rings (SSSR count). The average molecular weight is 461 g/mol. The minimum atomic E-state index is -0.502. The summed E-state index contributed by atoms with van der Waals surface area (Å²) in [4.78, 5) is 26.9. The number of esters is 1. The highest BCUT2D eigenvalue weighted by molar-refractivity contribution is 5.72. The fraction of sp³-hybridized carbons (Fsp3) is 0.692. The van der Waals surface area contributed by atoms with E-state index in [1.165, 1.54) is 7.11 Å². The fourth-order valence-corrected chi connectivity index (χ4v) is 5.67. The van der Waals surface area contributed by atoms with Gasteiger partial charge in [-0.3, -0.25) is 4.79 Å². The molecule has 0 bridgehead atoms. The molecule has 7 nitrogen and oxygen atoms in total. The topological polar surface area (TPSA) is 88.1 Å². The van der Waals surface area contributed by atoms with Gasteiger partial charge in [0.05, 0.1) is 19.6 Å². The van der Waals surface area contributed by atoms with Crippen LogP contribution in [0, 0.1) is 11.3 Å². The van der Waals surface area contributed by atoms with Crippen LogP contribution in [0.4, 0.5) is 4.79 Å². The second kappa shape index (κ2) is 11.8. The summed E-state index contributed by atoms with van der Waals surface area (Å²) in [5.41, 5.74) is 0.703. The van der Waals surface area contributed by atoms with E-state index in [9.17, 15) is 14.7 Å². The first-order chi connectivity index (χ1) is 15.8. The molecule has 7 heteroatoms. The highest BCUT2D eigenvalue weighted by Gasteiger charge is 2.37. The summed E-state index contributed by atoms with van der Waals surface area (Å²) >= 11 is 0. The number of hydrogen-bond acceptors (Lipinski definition) is 6. The summed E-state index contributed by atoms with van der Waals surface area (Å²) in [6, 6.07) is 7.66. The second-order valence-corrected chi connectivity index (χ2v) is 10.1. The van der Waals surface area contributed by atoms with E-state index in [2.05, 4.69) is 10.2 Å². The minimum Gasteiger partial charge on any atom is -0.469 e. The maximum atomic E-state index is 12.8. The Hall–Kier alpha value is -2.12. The van der Waals surface area contributed by atoms with Gasteiger partial charge in [-0.1, -0.05) is 43.9 Å². The number of rotatable bonds is 8. The van der Waals surface area contributed by atoms with Gasteiger partial charge in [0.15, 0.2) is 0 Å². The van der Waals surface area contributed by atoms with Crippen molar-refractivity contribution >= 4 is 12.1 Å². The Morgan fingerprint density at radius 3 is 2.55 bits per heavy atom. The number of benzene rings is 1. The van der Waals surface area contributed by atoms with Crippen molar-refractivity contribution in [3.05, 3.63) is 29.8 Å². The Labute approximate surface area is 197 Å². The zero-order valence-electron chi connectivity index (χ0n) is 20.3. The van der Waals surface area contributed by atoms with E-state index in [4.69, 9.17) is 9.47 Å². The monoisotopic (exact) mass is 460 g/mol. The molecule has 3 unspecified atom stereocenters. The number of carbonyl (C=O) groups is 2. The zero-order chi connectivity index (χ0) is 23.8. The summed E-state index contributed by atoms with van der Waals surface area (Å²) in [6.07, 6.45) is 7.20.